The van der Waals surface area contributed by atoms with Crippen LogP contribution < -0.4 is 17.2 Å². The number of aliphatic hydroxyl groups is 3. The van der Waals surface area contributed by atoms with Gasteiger partial charge in [0, 0.05) is 13.0 Å². The summed E-state index contributed by atoms with van der Waals surface area (Å²) in [5.41, 5.74) is 17.5. The van der Waals surface area contributed by atoms with E-state index in [-0.39, 0.29) is 31.2 Å². The van der Waals surface area contributed by atoms with Crippen molar-refractivity contribution in [3.05, 3.63) is 0 Å². The van der Waals surface area contributed by atoms with Crippen molar-refractivity contribution in [3.63, 3.8) is 0 Å². The molecule has 0 bridgehead atoms. The second-order valence-corrected chi connectivity index (χ2v) is 18.4. The maximum atomic E-state index is 14.4. The molecule has 1 saturated heterocycles. The number of ketones is 2. The summed E-state index contributed by atoms with van der Waals surface area (Å²) in [4.78, 5) is 43.5. The molecule has 0 radical (unpaired) electrons. The topological polar surface area (TPSA) is 202 Å². The fraction of sp³-hybridized carbons (Fsp3) is 0.936. The number of unbranched alkanes of at least 4 members (excludes halogenated alkanes) is 25. The molecule has 0 aromatic rings. The third-order valence-corrected chi connectivity index (χ3v) is 12.4. The van der Waals surface area contributed by atoms with Crippen molar-refractivity contribution in [2.24, 2.45) is 29.0 Å². The van der Waals surface area contributed by atoms with Gasteiger partial charge in [0.05, 0.1) is 18.8 Å². The third-order valence-electron chi connectivity index (χ3n) is 12.4. The lowest BCUT2D eigenvalue weighted by Gasteiger charge is -2.53. The molecule has 58 heavy (non-hydrogen) atoms. The van der Waals surface area contributed by atoms with E-state index in [0.29, 0.717) is 12.8 Å². The molecule has 0 spiro atoms. The highest BCUT2D eigenvalue weighted by Gasteiger charge is 2.62. The Labute approximate surface area is 354 Å². The second kappa shape index (κ2) is 31.4. The fourth-order valence-electron chi connectivity index (χ4n) is 8.60. The van der Waals surface area contributed by atoms with E-state index < -0.39 is 59.8 Å². The predicted octanol–water partition coefficient (Wildman–Crippen LogP) is 8.35. The van der Waals surface area contributed by atoms with Crippen molar-refractivity contribution in [1.82, 2.24) is 4.90 Å². The van der Waals surface area contributed by atoms with Crippen LogP contribution in [0.25, 0.3) is 0 Å². The van der Waals surface area contributed by atoms with Crippen LogP contribution in [0.5, 0.6) is 0 Å². The normalized spacial score (nSPS) is 22.6. The van der Waals surface area contributed by atoms with Gasteiger partial charge >= 0.3 is 0 Å². The number of Topliss-reactive ketones (excluding diaryl/α,β-unsaturated/α-hetero) is 2. The lowest BCUT2D eigenvalue weighted by molar-refractivity contribution is -0.292. The average Bonchev–Trinajstić information content (AvgIpc) is 3.18. The lowest BCUT2D eigenvalue weighted by atomic mass is 9.73. The van der Waals surface area contributed by atoms with Gasteiger partial charge in [0.1, 0.15) is 23.7 Å². The first-order chi connectivity index (χ1) is 27.7. The monoisotopic (exact) mass is 825 g/mol. The molecule has 1 aliphatic heterocycles. The van der Waals surface area contributed by atoms with Gasteiger partial charge in [-0.05, 0) is 32.1 Å². The van der Waals surface area contributed by atoms with E-state index in [9.17, 15) is 29.7 Å². The van der Waals surface area contributed by atoms with E-state index in [1.54, 1.807) is 0 Å². The number of aliphatic hydroxyl groups excluding tert-OH is 3. The van der Waals surface area contributed by atoms with E-state index in [1.165, 1.54) is 127 Å². The zero-order valence-electron chi connectivity index (χ0n) is 38.0. The van der Waals surface area contributed by atoms with Crippen LogP contribution in [0.15, 0.2) is 0 Å². The summed E-state index contributed by atoms with van der Waals surface area (Å²) in [5, 5.41) is 32.7. The highest BCUT2D eigenvalue weighted by molar-refractivity contribution is 6.14. The molecule has 1 aliphatic rings. The quantitative estimate of drug-likeness (QED) is 0.0201. The number of nitrogens with zero attached hydrogens (tertiary/aromatic N) is 1. The van der Waals surface area contributed by atoms with Gasteiger partial charge in [0.25, 0.3) is 0 Å². The number of rotatable bonds is 37. The molecular formula is C47H92N4O7. The highest BCUT2D eigenvalue weighted by atomic mass is 16.6. The van der Waals surface area contributed by atoms with Crippen LogP contribution in [-0.2, 0) is 19.1 Å². The summed E-state index contributed by atoms with van der Waals surface area (Å²) in [6, 6.07) is -1.05. The van der Waals surface area contributed by atoms with E-state index in [0.717, 1.165) is 44.9 Å². The molecule has 11 nitrogen and oxygen atoms in total. The average molecular weight is 825 g/mol. The van der Waals surface area contributed by atoms with Gasteiger partial charge in [-0.15, -0.1) is 0 Å². The van der Waals surface area contributed by atoms with Crippen LogP contribution in [0.4, 0.5) is 0 Å². The summed E-state index contributed by atoms with van der Waals surface area (Å²) < 4.78 is 6.11. The molecule has 11 heteroatoms. The molecule has 1 heterocycles. The third kappa shape index (κ3) is 19.9. The number of hydrogen-bond donors (Lipinski definition) is 6. The number of nitrogens with two attached hydrogens (primary N) is 3. The van der Waals surface area contributed by atoms with E-state index in [4.69, 9.17) is 21.9 Å². The molecule has 1 amide bonds. The maximum Gasteiger partial charge on any atom is 0.225 e. The van der Waals surface area contributed by atoms with Gasteiger partial charge < -0.3 is 36.4 Å². The fourth-order valence-corrected chi connectivity index (χ4v) is 8.60. The van der Waals surface area contributed by atoms with Crippen molar-refractivity contribution < 1.29 is 34.4 Å². The Morgan fingerprint density at radius 3 is 1.43 bits per heavy atom. The molecule has 9 N–H and O–H groups in total. The number of carbonyl (C=O) groups excluding carboxylic acids is 3. The summed E-state index contributed by atoms with van der Waals surface area (Å²) >= 11 is 0. The molecule has 1 rings (SSSR count). The van der Waals surface area contributed by atoms with E-state index >= 15 is 0 Å². The standard InChI is InChI=1S/C47H92N4O7/c1-6-8-10-12-14-16-18-20-21-22-23-25-27-29-31-33-40(53)51(34-32-30-28-26-24-19-17-15-13-11-9-7-2)47(50)41(43(55)42(54)39(36-52)58-47)45(57)46(5,49)44(56)38(48)35-37(3)4/h37-39,41-43,52,54-55H,6-36,48-50H2,1-5H3/t38-,39+,41-,42+,43+,46+,47-/m0/s1. The highest BCUT2D eigenvalue weighted by Crippen LogP contribution is 2.38. The largest absolute Gasteiger partial charge is 0.394 e. The van der Waals surface area contributed by atoms with Crippen LogP contribution >= 0.6 is 0 Å². The smallest absolute Gasteiger partial charge is 0.225 e. The molecule has 1 fully saturated rings. The van der Waals surface area contributed by atoms with Crippen molar-refractivity contribution >= 4 is 17.5 Å². The summed E-state index contributed by atoms with van der Waals surface area (Å²) in [6.45, 7) is 8.94. The SMILES string of the molecule is CCCCCCCCCCCCCCCCCC(=O)N(CCCCCCCCCCCCCC)[C@]1(N)O[C@H](CO)[C@@H](O)[C@H](O)[C@H]1C(=O)[C@](C)(N)C(=O)[C@@H](N)CC(C)C. The number of amides is 1. The Morgan fingerprint density at radius 2 is 1.05 bits per heavy atom. The Balaban J connectivity index is 3.00. The molecular weight excluding hydrogens is 733 g/mol. The number of carbonyl (C=O) groups is 3. The molecule has 342 valence electrons. The zero-order chi connectivity index (χ0) is 43.4. The Bertz CT molecular complexity index is 1090. The molecule has 0 aromatic carbocycles. The first kappa shape index (κ1) is 54.5. The number of ether oxygens (including phenoxy) is 1. The van der Waals surface area contributed by atoms with Gasteiger partial charge in [-0.2, -0.15) is 0 Å². The van der Waals surface area contributed by atoms with Gasteiger partial charge in [-0.1, -0.05) is 188 Å². The van der Waals surface area contributed by atoms with Crippen LogP contribution in [0.2, 0.25) is 0 Å². The van der Waals surface area contributed by atoms with Crippen LogP contribution in [-0.4, -0.2) is 86.6 Å². The first-order valence-corrected chi connectivity index (χ1v) is 24.1. The Morgan fingerprint density at radius 1 is 0.672 bits per heavy atom. The molecule has 0 saturated carbocycles. The van der Waals surface area contributed by atoms with Crippen LogP contribution in [0, 0.1) is 11.8 Å². The second-order valence-electron chi connectivity index (χ2n) is 18.4. The van der Waals surface area contributed by atoms with E-state index in [2.05, 4.69) is 13.8 Å². The minimum Gasteiger partial charge on any atom is -0.394 e. The number of hydrogen-bond acceptors (Lipinski definition) is 10. The van der Waals surface area contributed by atoms with Crippen molar-refractivity contribution in [1.29, 1.82) is 0 Å². The van der Waals surface area contributed by atoms with Crippen LogP contribution in [0.1, 0.15) is 221 Å². The molecule has 0 aliphatic carbocycles. The minimum atomic E-state index is -2.28. The van der Waals surface area contributed by atoms with Crippen molar-refractivity contribution in [2.45, 2.75) is 257 Å². The summed E-state index contributed by atoms with van der Waals surface area (Å²) in [7, 11) is 0. The van der Waals surface area contributed by atoms with Gasteiger partial charge in [-0.3, -0.25) is 20.1 Å². The Kier molecular flexibility index (Phi) is 29.5. The summed E-state index contributed by atoms with van der Waals surface area (Å²) in [5.74, 6) is -6.05. The first-order valence-electron chi connectivity index (χ1n) is 24.1. The molecule has 7 atom stereocenters. The van der Waals surface area contributed by atoms with Crippen molar-refractivity contribution in [2.75, 3.05) is 13.2 Å². The van der Waals surface area contributed by atoms with E-state index in [1.807, 2.05) is 13.8 Å². The summed E-state index contributed by atoms with van der Waals surface area (Å²) in [6.07, 6.45) is 26.9. The lowest BCUT2D eigenvalue weighted by Crippen LogP contribution is -2.78. The van der Waals surface area contributed by atoms with Crippen molar-refractivity contribution in [3.8, 4) is 0 Å². The maximum absolute atomic E-state index is 14.4. The van der Waals surface area contributed by atoms with Gasteiger partial charge in [-0.25, -0.2) is 0 Å². The zero-order valence-corrected chi connectivity index (χ0v) is 38.0. The minimum absolute atomic E-state index is 0.0533. The van der Waals surface area contributed by atoms with Crippen LogP contribution in [0.3, 0.4) is 0 Å². The molecule has 0 unspecified atom stereocenters. The predicted molar refractivity (Wildman–Crippen MR) is 237 cm³/mol. The molecule has 0 aromatic heterocycles. The Hall–Kier alpha value is -1.47. The van der Waals surface area contributed by atoms with Gasteiger partial charge in [0.2, 0.25) is 11.8 Å². The van der Waals surface area contributed by atoms with Gasteiger partial charge in [0.15, 0.2) is 11.6 Å².